The maximum Gasteiger partial charge on any atom is 0.143 e. The number of piperidine rings is 1. The topological polar surface area (TPSA) is 79.7 Å². The van der Waals surface area contributed by atoms with Crippen LogP contribution in [0.5, 0.6) is 0 Å². The van der Waals surface area contributed by atoms with Crippen molar-refractivity contribution in [3.8, 4) is 0 Å². The van der Waals surface area contributed by atoms with E-state index in [1.165, 1.54) is 0 Å². The Labute approximate surface area is 107 Å². The van der Waals surface area contributed by atoms with E-state index in [2.05, 4.69) is 19.6 Å². The number of rotatable bonds is 5. The lowest BCUT2D eigenvalue weighted by atomic mass is 9.97. The van der Waals surface area contributed by atoms with Crippen LogP contribution in [-0.4, -0.2) is 45.1 Å². The van der Waals surface area contributed by atoms with Gasteiger partial charge in [-0.05, 0) is 32.4 Å². The highest BCUT2D eigenvalue weighted by Crippen LogP contribution is 2.16. The van der Waals surface area contributed by atoms with Gasteiger partial charge in [0.1, 0.15) is 5.84 Å². The molecule has 1 unspecified atom stereocenters. The molecule has 2 heterocycles. The molecule has 0 bridgehead atoms. The van der Waals surface area contributed by atoms with Gasteiger partial charge in [-0.25, -0.2) is 4.98 Å². The molecular weight excluding hydrogens is 230 g/mol. The van der Waals surface area contributed by atoms with E-state index in [9.17, 15) is 0 Å². The minimum Gasteiger partial charge on any atom is -0.409 e. The highest BCUT2D eigenvalue weighted by atomic mass is 16.4. The predicted octanol–water partition coefficient (Wildman–Crippen LogP) is 0.732. The van der Waals surface area contributed by atoms with Crippen molar-refractivity contribution in [2.75, 3.05) is 19.6 Å². The number of aromatic nitrogens is 2. The Morgan fingerprint density at radius 3 is 3.11 bits per heavy atom. The molecule has 0 saturated carbocycles. The summed E-state index contributed by atoms with van der Waals surface area (Å²) in [5, 5.41) is 11.8. The first-order valence-corrected chi connectivity index (χ1v) is 6.45. The average Bonchev–Trinajstić information content (AvgIpc) is 2.91. The first kappa shape index (κ1) is 12.9. The second-order valence-electron chi connectivity index (χ2n) is 4.82. The zero-order valence-electron chi connectivity index (χ0n) is 10.6. The van der Waals surface area contributed by atoms with Gasteiger partial charge in [0, 0.05) is 31.4 Å². The lowest BCUT2D eigenvalue weighted by Crippen LogP contribution is -2.41. The van der Waals surface area contributed by atoms with Crippen LogP contribution in [0.25, 0.3) is 0 Å². The van der Waals surface area contributed by atoms with Gasteiger partial charge < -0.3 is 20.4 Å². The smallest absolute Gasteiger partial charge is 0.143 e. The first-order chi connectivity index (χ1) is 8.79. The Hall–Kier alpha value is -1.56. The van der Waals surface area contributed by atoms with E-state index in [4.69, 9.17) is 10.9 Å². The fourth-order valence-corrected chi connectivity index (χ4v) is 2.48. The van der Waals surface area contributed by atoms with Gasteiger partial charge in [-0.2, -0.15) is 0 Å². The van der Waals surface area contributed by atoms with Crippen molar-refractivity contribution in [1.82, 2.24) is 14.5 Å². The maximum absolute atomic E-state index is 8.71. The fraction of sp³-hybridized carbons (Fsp3) is 0.667. The van der Waals surface area contributed by atoms with E-state index in [1.807, 2.05) is 12.5 Å². The average molecular weight is 251 g/mol. The molecular formula is C12H21N5O. The summed E-state index contributed by atoms with van der Waals surface area (Å²) in [7, 11) is 0. The van der Waals surface area contributed by atoms with Crippen LogP contribution >= 0.6 is 0 Å². The van der Waals surface area contributed by atoms with E-state index in [-0.39, 0.29) is 5.92 Å². The number of amidine groups is 1. The normalized spacial score (nSPS) is 22.2. The summed E-state index contributed by atoms with van der Waals surface area (Å²) in [6.07, 6.45) is 8.86. The molecule has 18 heavy (non-hydrogen) atoms. The molecule has 1 aromatic rings. The van der Waals surface area contributed by atoms with E-state index in [0.29, 0.717) is 5.84 Å². The largest absolute Gasteiger partial charge is 0.409 e. The number of nitrogens with two attached hydrogens (primary N) is 1. The molecule has 1 atom stereocenters. The Balaban J connectivity index is 1.72. The summed E-state index contributed by atoms with van der Waals surface area (Å²) in [6, 6.07) is 0. The van der Waals surface area contributed by atoms with Crippen LogP contribution in [0.15, 0.2) is 23.9 Å². The fourth-order valence-electron chi connectivity index (χ4n) is 2.48. The van der Waals surface area contributed by atoms with Gasteiger partial charge in [0.2, 0.25) is 0 Å². The van der Waals surface area contributed by atoms with Crippen LogP contribution in [0.1, 0.15) is 19.3 Å². The SMILES string of the molecule is NC(=NO)C1CCCN(CCCn2ccnc2)C1. The summed E-state index contributed by atoms with van der Waals surface area (Å²) < 4.78 is 2.09. The lowest BCUT2D eigenvalue weighted by Gasteiger charge is -2.31. The maximum atomic E-state index is 8.71. The molecule has 0 amide bonds. The zero-order chi connectivity index (χ0) is 12.8. The van der Waals surface area contributed by atoms with Gasteiger partial charge in [0.25, 0.3) is 0 Å². The molecule has 6 heteroatoms. The Morgan fingerprint density at radius 2 is 2.39 bits per heavy atom. The molecule has 1 aliphatic heterocycles. The summed E-state index contributed by atoms with van der Waals surface area (Å²) in [4.78, 5) is 6.42. The van der Waals surface area contributed by atoms with Crippen molar-refractivity contribution >= 4 is 5.84 Å². The van der Waals surface area contributed by atoms with Crippen LogP contribution in [-0.2, 0) is 6.54 Å². The minimum atomic E-state index is 0.206. The molecule has 0 aliphatic carbocycles. The summed E-state index contributed by atoms with van der Waals surface area (Å²) in [6.45, 7) is 4.05. The third-order valence-corrected chi connectivity index (χ3v) is 3.49. The second-order valence-corrected chi connectivity index (χ2v) is 4.82. The van der Waals surface area contributed by atoms with E-state index in [1.54, 1.807) is 6.20 Å². The number of likely N-dealkylation sites (tertiary alicyclic amines) is 1. The van der Waals surface area contributed by atoms with Gasteiger partial charge in [0.05, 0.1) is 6.33 Å². The van der Waals surface area contributed by atoms with Gasteiger partial charge in [0.15, 0.2) is 0 Å². The number of aryl methyl sites for hydroxylation is 1. The van der Waals surface area contributed by atoms with Crippen LogP contribution in [0.2, 0.25) is 0 Å². The molecule has 1 aromatic heterocycles. The number of imidazole rings is 1. The molecule has 2 rings (SSSR count). The Kier molecular flexibility index (Phi) is 4.58. The first-order valence-electron chi connectivity index (χ1n) is 6.45. The van der Waals surface area contributed by atoms with Crippen molar-refractivity contribution in [3.63, 3.8) is 0 Å². The van der Waals surface area contributed by atoms with Crippen molar-refractivity contribution in [2.24, 2.45) is 16.8 Å². The summed E-state index contributed by atoms with van der Waals surface area (Å²) in [5.41, 5.74) is 5.68. The van der Waals surface area contributed by atoms with Gasteiger partial charge in [-0.15, -0.1) is 0 Å². The molecule has 1 aliphatic rings. The number of hydrogen-bond acceptors (Lipinski definition) is 4. The number of nitrogens with zero attached hydrogens (tertiary/aromatic N) is 4. The van der Waals surface area contributed by atoms with Gasteiger partial charge in [-0.1, -0.05) is 5.16 Å². The second kappa shape index (κ2) is 6.39. The highest BCUT2D eigenvalue weighted by molar-refractivity contribution is 5.82. The summed E-state index contributed by atoms with van der Waals surface area (Å²) in [5.74, 6) is 0.575. The van der Waals surface area contributed by atoms with Crippen LogP contribution in [0.4, 0.5) is 0 Å². The zero-order valence-corrected chi connectivity index (χ0v) is 10.6. The minimum absolute atomic E-state index is 0.206. The monoisotopic (exact) mass is 251 g/mol. The van der Waals surface area contributed by atoms with Crippen LogP contribution in [0.3, 0.4) is 0 Å². The van der Waals surface area contributed by atoms with Crippen molar-refractivity contribution < 1.29 is 5.21 Å². The van der Waals surface area contributed by atoms with Gasteiger partial charge in [-0.3, -0.25) is 0 Å². The van der Waals surface area contributed by atoms with Crippen molar-refractivity contribution in [1.29, 1.82) is 0 Å². The molecule has 3 N–H and O–H groups in total. The summed E-state index contributed by atoms with van der Waals surface area (Å²) >= 11 is 0. The molecule has 0 aromatic carbocycles. The van der Waals surface area contributed by atoms with Crippen LogP contribution in [0, 0.1) is 5.92 Å². The van der Waals surface area contributed by atoms with E-state index in [0.717, 1.165) is 45.4 Å². The molecule has 0 spiro atoms. The molecule has 6 nitrogen and oxygen atoms in total. The Bertz CT molecular complexity index is 376. The third-order valence-electron chi connectivity index (χ3n) is 3.49. The van der Waals surface area contributed by atoms with Gasteiger partial charge >= 0.3 is 0 Å². The number of hydrogen-bond donors (Lipinski definition) is 2. The molecule has 1 fully saturated rings. The van der Waals surface area contributed by atoms with E-state index < -0.39 is 0 Å². The van der Waals surface area contributed by atoms with Crippen molar-refractivity contribution in [2.45, 2.75) is 25.8 Å². The molecule has 100 valence electrons. The third kappa shape index (κ3) is 3.46. The molecule has 1 saturated heterocycles. The molecule has 0 radical (unpaired) electrons. The van der Waals surface area contributed by atoms with Crippen LogP contribution < -0.4 is 5.73 Å². The van der Waals surface area contributed by atoms with Crippen molar-refractivity contribution in [3.05, 3.63) is 18.7 Å². The lowest BCUT2D eigenvalue weighted by molar-refractivity contribution is 0.195. The van der Waals surface area contributed by atoms with E-state index >= 15 is 0 Å². The quantitative estimate of drug-likeness (QED) is 0.350. The number of oxime groups is 1. The predicted molar refractivity (Wildman–Crippen MR) is 69.4 cm³/mol. The standard InChI is InChI=1S/C12H21N5O/c13-12(15-18)11-3-1-5-16(9-11)6-2-7-17-8-4-14-10-17/h4,8,10-11,18H,1-3,5-7,9H2,(H2,13,15). The Morgan fingerprint density at radius 1 is 1.50 bits per heavy atom. The highest BCUT2D eigenvalue weighted by Gasteiger charge is 2.22.